The zero-order valence-electron chi connectivity index (χ0n) is 15.9. The minimum Gasteiger partial charge on any atom is -0.352 e. The van der Waals surface area contributed by atoms with Gasteiger partial charge in [-0.1, -0.05) is 17.7 Å². The summed E-state index contributed by atoms with van der Waals surface area (Å²) in [4.78, 5) is 14.8. The highest BCUT2D eigenvalue weighted by Gasteiger charge is 2.17. The Balaban J connectivity index is 1.56. The molecule has 5 nitrogen and oxygen atoms in total. The highest BCUT2D eigenvalue weighted by atomic mass is 35.5. The van der Waals surface area contributed by atoms with Crippen molar-refractivity contribution in [2.45, 2.75) is 46.2 Å². The Morgan fingerprint density at radius 3 is 2.70 bits per heavy atom. The molecule has 1 saturated heterocycles. The summed E-state index contributed by atoms with van der Waals surface area (Å²) in [7, 11) is 0. The third-order valence-corrected chi connectivity index (χ3v) is 5.54. The number of likely N-dealkylation sites (tertiary alicyclic amines) is 1. The van der Waals surface area contributed by atoms with Crippen LogP contribution in [0.15, 0.2) is 18.2 Å². The molecule has 1 N–H and O–H groups in total. The van der Waals surface area contributed by atoms with E-state index >= 15 is 0 Å². The third kappa shape index (κ3) is 5.08. The van der Waals surface area contributed by atoms with Crippen LogP contribution in [0.4, 0.5) is 4.39 Å². The van der Waals surface area contributed by atoms with Gasteiger partial charge in [0.05, 0.1) is 18.7 Å². The van der Waals surface area contributed by atoms with Crippen LogP contribution in [0.5, 0.6) is 0 Å². The number of aryl methyl sites for hydroxylation is 1. The van der Waals surface area contributed by atoms with Gasteiger partial charge in [0.1, 0.15) is 5.82 Å². The Labute approximate surface area is 164 Å². The van der Waals surface area contributed by atoms with Crippen molar-refractivity contribution < 1.29 is 9.18 Å². The fourth-order valence-corrected chi connectivity index (χ4v) is 3.77. The summed E-state index contributed by atoms with van der Waals surface area (Å²) >= 11 is 6.01. The van der Waals surface area contributed by atoms with Crippen LogP contribution in [0.25, 0.3) is 0 Å². The van der Waals surface area contributed by atoms with Crippen molar-refractivity contribution in [3.05, 3.63) is 51.6 Å². The monoisotopic (exact) mass is 392 g/mol. The predicted octanol–water partition coefficient (Wildman–Crippen LogP) is 3.25. The topological polar surface area (TPSA) is 50.2 Å². The largest absolute Gasteiger partial charge is 0.352 e. The zero-order chi connectivity index (χ0) is 19.4. The number of amides is 1. The van der Waals surface area contributed by atoms with Crippen molar-refractivity contribution in [3.8, 4) is 0 Å². The zero-order valence-corrected chi connectivity index (χ0v) is 16.7. The summed E-state index contributed by atoms with van der Waals surface area (Å²) < 4.78 is 15.1. The van der Waals surface area contributed by atoms with E-state index in [1.807, 2.05) is 18.5 Å². The first-order valence-corrected chi connectivity index (χ1v) is 9.77. The van der Waals surface area contributed by atoms with E-state index < -0.39 is 0 Å². The third-order valence-electron chi connectivity index (χ3n) is 5.19. The molecule has 0 saturated carbocycles. The maximum atomic E-state index is 13.1. The molecule has 1 aromatic heterocycles. The normalized spacial score (nSPS) is 14.7. The standard InChI is InChI=1S/C20H26ClFN4O/c1-14-18(15(2)26(24-14)10-9-25-7-3-4-8-25)12-20(27)23-13-16-5-6-17(22)11-19(16)21/h5-6,11H,3-4,7-10,12-13H2,1-2H3,(H,23,27). The van der Waals surface area contributed by atoms with Crippen LogP contribution >= 0.6 is 11.6 Å². The number of aromatic nitrogens is 2. The van der Waals surface area contributed by atoms with Gasteiger partial charge in [0.25, 0.3) is 0 Å². The summed E-state index contributed by atoms with van der Waals surface area (Å²) in [6, 6.07) is 4.18. The molecule has 1 aromatic carbocycles. The molecule has 7 heteroatoms. The Hall–Kier alpha value is -1.92. The molecule has 1 aliphatic rings. The first-order chi connectivity index (χ1) is 12.9. The maximum Gasteiger partial charge on any atom is 0.224 e. The molecule has 0 radical (unpaired) electrons. The Bertz CT molecular complexity index is 815. The molecule has 1 fully saturated rings. The number of rotatable bonds is 7. The lowest BCUT2D eigenvalue weighted by Gasteiger charge is -2.15. The highest BCUT2D eigenvalue weighted by Crippen LogP contribution is 2.18. The first kappa shape index (κ1) is 19.8. The molecule has 0 spiro atoms. The predicted molar refractivity (Wildman–Crippen MR) is 104 cm³/mol. The van der Waals surface area contributed by atoms with Gasteiger partial charge in [0.2, 0.25) is 5.91 Å². The second-order valence-corrected chi connectivity index (χ2v) is 7.52. The van der Waals surface area contributed by atoms with E-state index in [0.29, 0.717) is 10.6 Å². The second kappa shape index (κ2) is 8.85. The summed E-state index contributed by atoms with van der Waals surface area (Å²) in [5.74, 6) is -0.483. The van der Waals surface area contributed by atoms with Crippen molar-refractivity contribution in [1.82, 2.24) is 20.0 Å². The average Bonchev–Trinajstić information content (AvgIpc) is 3.23. The van der Waals surface area contributed by atoms with E-state index in [-0.39, 0.29) is 24.7 Å². The molecule has 0 aliphatic carbocycles. The van der Waals surface area contributed by atoms with Gasteiger partial charge in [-0.15, -0.1) is 0 Å². The lowest BCUT2D eigenvalue weighted by molar-refractivity contribution is -0.120. The van der Waals surface area contributed by atoms with E-state index in [4.69, 9.17) is 11.6 Å². The Morgan fingerprint density at radius 1 is 1.26 bits per heavy atom. The molecule has 27 heavy (non-hydrogen) atoms. The van der Waals surface area contributed by atoms with Crippen molar-refractivity contribution in [2.24, 2.45) is 0 Å². The number of benzene rings is 1. The summed E-state index contributed by atoms with van der Waals surface area (Å²) in [5, 5.41) is 7.79. The van der Waals surface area contributed by atoms with Crippen molar-refractivity contribution >= 4 is 17.5 Å². The van der Waals surface area contributed by atoms with Gasteiger partial charge < -0.3 is 10.2 Å². The number of nitrogens with one attached hydrogen (secondary N) is 1. The lowest BCUT2D eigenvalue weighted by Crippen LogP contribution is -2.26. The summed E-state index contributed by atoms with van der Waals surface area (Å²) in [5.41, 5.74) is 3.60. The van der Waals surface area contributed by atoms with E-state index in [0.717, 1.165) is 30.0 Å². The van der Waals surface area contributed by atoms with Crippen LogP contribution in [0.2, 0.25) is 5.02 Å². The van der Waals surface area contributed by atoms with Gasteiger partial charge in [-0.2, -0.15) is 5.10 Å². The van der Waals surface area contributed by atoms with Gasteiger partial charge in [-0.25, -0.2) is 4.39 Å². The number of carbonyl (C=O) groups excluding carboxylic acids is 1. The van der Waals surface area contributed by atoms with Crippen LogP contribution in [-0.2, 0) is 24.3 Å². The first-order valence-electron chi connectivity index (χ1n) is 9.40. The molecule has 2 aromatic rings. The van der Waals surface area contributed by atoms with Gasteiger partial charge in [-0.3, -0.25) is 9.48 Å². The fraction of sp³-hybridized carbons (Fsp3) is 0.500. The van der Waals surface area contributed by atoms with Crippen molar-refractivity contribution in [3.63, 3.8) is 0 Å². The van der Waals surface area contributed by atoms with Crippen LogP contribution in [0.1, 0.15) is 35.4 Å². The molecular weight excluding hydrogens is 367 g/mol. The average molecular weight is 393 g/mol. The van der Waals surface area contributed by atoms with Crippen LogP contribution < -0.4 is 5.32 Å². The molecule has 0 unspecified atom stereocenters. The second-order valence-electron chi connectivity index (χ2n) is 7.11. The van der Waals surface area contributed by atoms with Crippen molar-refractivity contribution in [1.29, 1.82) is 0 Å². The number of carbonyl (C=O) groups is 1. The van der Waals surface area contributed by atoms with Crippen molar-refractivity contribution in [2.75, 3.05) is 19.6 Å². The molecule has 3 rings (SSSR count). The van der Waals surface area contributed by atoms with Gasteiger partial charge >= 0.3 is 0 Å². The minimum atomic E-state index is -0.386. The minimum absolute atomic E-state index is 0.0966. The molecule has 1 aliphatic heterocycles. The van der Waals surface area contributed by atoms with E-state index in [2.05, 4.69) is 15.3 Å². The Morgan fingerprint density at radius 2 is 2.00 bits per heavy atom. The SMILES string of the molecule is Cc1nn(CCN2CCCC2)c(C)c1CC(=O)NCc1ccc(F)cc1Cl. The maximum absolute atomic E-state index is 13.1. The van der Waals surface area contributed by atoms with Crippen LogP contribution in [0.3, 0.4) is 0 Å². The van der Waals surface area contributed by atoms with Crippen LogP contribution in [0, 0.1) is 19.7 Å². The number of hydrogen-bond donors (Lipinski definition) is 1. The molecule has 0 bridgehead atoms. The summed E-state index contributed by atoms with van der Waals surface area (Å²) in [6.07, 6.45) is 2.83. The highest BCUT2D eigenvalue weighted by molar-refractivity contribution is 6.31. The quantitative estimate of drug-likeness (QED) is 0.786. The van der Waals surface area contributed by atoms with Gasteiger partial charge in [0.15, 0.2) is 0 Å². The molecule has 146 valence electrons. The van der Waals surface area contributed by atoms with Crippen LogP contribution in [-0.4, -0.2) is 40.2 Å². The number of nitrogens with zero attached hydrogens (tertiary/aromatic N) is 3. The number of hydrogen-bond acceptors (Lipinski definition) is 3. The number of halogens is 2. The van der Waals surface area contributed by atoms with E-state index in [9.17, 15) is 9.18 Å². The van der Waals surface area contributed by atoms with Gasteiger partial charge in [-0.05, 0) is 57.5 Å². The molecular formula is C20H26ClFN4O. The fourth-order valence-electron chi connectivity index (χ4n) is 3.53. The smallest absolute Gasteiger partial charge is 0.224 e. The van der Waals surface area contributed by atoms with Gasteiger partial charge in [0, 0.05) is 29.4 Å². The molecule has 1 amide bonds. The molecule has 0 atom stereocenters. The van der Waals surface area contributed by atoms with E-state index in [1.165, 1.54) is 38.1 Å². The van der Waals surface area contributed by atoms with E-state index in [1.54, 1.807) is 6.07 Å². The molecule has 2 heterocycles. The Kier molecular flexibility index (Phi) is 6.50. The lowest BCUT2D eigenvalue weighted by atomic mass is 10.1. The summed E-state index contributed by atoms with van der Waals surface area (Å²) in [6.45, 7) is 8.42.